The lowest BCUT2D eigenvalue weighted by atomic mass is 9.92. The van der Waals surface area contributed by atoms with Gasteiger partial charge in [0.15, 0.2) is 0 Å². The second-order valence-electron chi connectivity index (χ2n) is 6.58. The lowest BCUT2D eigenvalue weighted by Crippen LogP contribution is -2.46. The number of nitrogens with two attached hydrogens (primary N) is 1. The predicted molar refractivity (Wildman–Crippen MR) is 108 cm³/mol. The van der Waals surface area contributed by atoms with E-state index in [2.05, 4.69) is 5.32 Å². The van der Waals surface area contributed by atoms with E-state index < -0.39 is 6.04 Å². The predicted octanol–water partition coefficient (Wildman–Crippen LogP) is 3.06. The van der Waals surface area contributed by atoms with Gasteiger partial charge in [0.1, 0.15) is 12.4 Å². The van der Waals surface area contributed by atoms with Crippen LogP contribution in [0.2, 0.25) is 0 Å². The van der Waals surface area contributed by atoms with Crippen LogP contribution in [0.1, 0.15) is 24.0 Å². The molecule has 0 aliphatic carbocycles. The first-order valence-electron chi connectivity index (χ1n) is 9.09. The summed E-state index contributed by atoms with van der Waals surface area (Å²) in [5, 5.41) is 2.95. The van der Waals surface area contributed by atoms with Gasteiger partial charge in [0.05, 0.1) is 6.04 Å². The minimum absolute atomic E-state index is 0. The van der Waals surface area contributed by atoms with Crippen molar-refractivity contribution in [1.29, 1.82) is 0 Å². The summed E-state index contributed by atoms with van der Waals surface area (Å²) in [5.41, 5.74) is 8.18. The number of amides is 1. The van der Waals surface area contributed by atoms with Crippen molar-refractivity contribution in [3.8, 4) is 5.75 Å². The highest BCUT2D eigenvalue weighted by Crippen LogP contribution is 2.20. The van der Waals surface area contributed by atoms with Gasteiger partial charge in [0.25, 0.3) is 0 Å². The molecule has 0 bridgehead atoms. The van der Waals surface area contributed by atoms with Gasteiger partial charge in [-0.1, -0.05) is 48.5 Å². The van der Waals surface area contributed by atoms with E-state index in [-0.39, 0.29) is 24.2 Å². The second-order valence-corrected chi connectivity index (χ2v) is 6.58. The Hall–Kier alpha value is -2.08. The topological polar surface area (TPSA) is 73.6 Å². The standard InChI is InChI=1S/C21H26N2O3.ClH/c22-20(17-10-12-25-13-11-17)21(24)23-14-18-8-4-5-9-19(18)26-15-16-6-2-1-3-7-16;/h1-9,17,20H,10-15,22H2,(H,23,24);1H. The highest BCUT2D eigenvalue weighted by Gasteiger charge is 2.26. The number of hydrogen-bond acceptors (Lipinski definition) is 4. The van der Waals surface area contributed by atoms with Gasteiger partial charge in [0.2, 0.25) is 5.91 Å². The number of hydrogen-bond donors (Lipinski definition) is 2. The van der Waals surface area contributed by atoms with Gasteiger partial charge in [0, 0.05) is 25.3 Å². The Bertz CT molecular complexity index is 706. The van der Waals surface area contributed by atoms with Crippen LogP contribution in [0.5, 0.6) is 5.75 Å². The Labute approximate surface area is 166 Å². The van der Waals surface area contributed by atoms with E-state index in [9.17, 15) is 4.79 Å². The van der Waals surface area contributed by atoms with Gasteiger partial charge in [-0.2, -0.15) is 0 Å². The van der Waals surface area contributed by atoms with Gasteiger partial charge in [-0.25, -0.2) is 0 Å². The molecule has 6 heteroatoms. The summed E-state index contributed by atoms with van der Waals surface area (Å²) in [6, 6.07) is 17.3. The molecule has 1 unspecified atom stereocenters. The first-order valence-corrected chi connectivity index (χ1v) is 9.09. The second kappa shape index (κ2) is 10.9. The zero-order valence-electron chi connectivity index (χ0n) is 15.3. The van der Waals surface area contributed by atoms with Crippen LogP contribution in [-0.2, 0) is 22.7 Å². The van der Waals surface area contributed by atoms with E-state index in [0.29, 0.717) is 26.4 Å². The molecule has 2 aromatic rings. The normalized spacial score (nSPS) is 15.4. The van der Waals surface area contributed by atoms with Crippen LogP contribution >= 0.6 is 12.4 Å². The van der Waals surface area contributed by atoms with Crippen LogP contribution in [0.4, 0.5) is 0 Å². The molecule has 0 radical (unpaired) electrons. The van der Waals surface area contributed by atoms with Crippen LogP contribution in [0.25, 0.3) is 0 Å². The van der Waals surface area contributed by atoms with Gasteiger partial charge in [-0.05, 0) is 30.4 Å². The average Bonchev–Trinajstić information content (AvgIpc) is 2.72. The third-order valence-corrected chi connectivity index (χ3v) is 4.74. The number of rotatable bonds is 7. The lowest BCUT2D eigenvalue weighted by molar-refractivity contribution is -0.124. The Morgan fingerprint density at radius 2 is 1.78 bits per heavy atom. The largest absolute Gasteiger partial charge is 0.489 e. The van der Waals surface area contributed by atoms with Crippen LogP contribution < -0.4 is 15.8 Å². The molecule has 1 fully saturated rings. The van der Waals surface area contributed by atoms with Crippen LogP contribution in [0, 0.1) is 5.92 Å². The number of para-hydroxylation sites is 1. The fraction of sp³-hybridized carbons (Fsp3) is 0.381. The fourth-order valence-corrected chi connectivity index (χ4v) is 3.12. The smallest absolute Gasteiger partial charge is 0.237 e. The first-order chi connectivity index (χ1) is 12.7. The molecule has 3 N–H and O–H groups in total. The van der Waals surface area contributed by atoms with E-state index in [1.54, 1.807) is 0 Å². The van der Waals surface area contributed by atoms with Crippen LogP contribution in [0.3, 0.4) is 0 Å². The number of ether oxygens (including phenoxy) is 2. The molecule has 1 saturated heterocycles. The Morgan fingerprint density at radius 1 is 1.11 bits per heavy atom. The Morgan fingerprint density at radius 3 is 2.52 bits per heavy atom. The summed E-state index contributed by atoms with van der Waals surface area (Å²) in [7, 11) is 0. The van der Waals surface area contributed by atoms with Gasteiger partial charge in [-0.15, -0.1) is 12.4 Å². The molecule has 1 aliphatic rings. The molecular weight excluding hydrogens is 364 g/mol. The van der Waals surface area contributed by atoms with Crippen molar-refractivity contribution in [3.63, 3.8) is 0 Å². The first kappa shape index (κ1) is 21.2. The zero-order valence-corrected chi connectivity index (χ0v) is 16.1. The summed E-state index contributed by atoms with van der Waals surface area (Å²) >= 11 is 0. The third-order valence-electron chi connectivity index (χ3n) is 4.74. The number of carbonyl (C=O) groups is 1. The van der Waals surface area contributed by atoms with E-state index in [0.717, 1.165) is 29.7 Å². The average molecular weight is 391 g/mol. The number of carbonyl (C=O) groups excluding carboxylic acids is 1. The van der Waals surface area contributed by atoms with Gasteiger partial charge in [-0.3, -0.25) is 4.79 Å². The maximum absolute atomic E-state index is 12.4. The third kappa shape index (κ3) is 6.24. The van der Waals surface area contributed by atoms with Crippen LogP contribution in [-0.4, -0.2) is 25.2 Å². The molecule has 0 aromatic heterocycles. The van der Waals surface area contributed by atoms with Crippen LogP contribution in [0.15, 0.2) is 54.6 Å². The summed E-state index contributed by atoms with van der Waals surface area (Å²) < 4.78 is 11.3. The number of benzene rings is 2. The molecule has 1 amide bonds. The monoisotopic (exact) mass is 390 g/mol. The highest BCUT2D eigenvalue weighted by atomic mass is 35.5. The molecule has 1 atom stereocenters. The highest BCUT2D eigenvalue weighted by molar-refractivity contribution is 5.85. The summed E-state index contributed by atoms with van der Waals surface area (Å²) in [5.74, 6) is 0.847. The zero-order chi connectivity index (χ0) is 18.2. The minimum Gasteiger partial charge on any atom is -0.489 e. The van der Waals surface area contributed by atoms with Crippen molar-refractivity contribution in [2.75, 3.05) is 13.2 Å². The summed E-state index contributed by atoms with van der Waals surface area (Å²) in [4.78, 5) is 12.4. The molecule has 0 spiro atoms. The molecule has 146 valence electrons. The van der Waals surface area contributed by atoms with Crippen molar-refractivity contribution in [2.24, 2.45) is 11.7 Å². The molecule has 2 aromatic carbocycles. The van der Waals surface area contributed by atoms with E-state index in [1.165, 1.54) is 0 Å². The molecule has 0 saturated carbocycles. The van der Waals surface area contributed by atoms with Crippen molar-refractivity contribution in [2.45, 2.75) is 32.0 Å². The lowest BCUT2D eigenvalue weighted by Gasteiger charge is -2.26. The summed E-state index contributed by atoms with van der Waals surface area (Å²) in [6.45, 7) is 2.26. The molecule has 3 rings (SSSR count). The maximum Gasteiger partial charge on any atom is 0.237 e. The number of halogens is 1. The van der Waals surface area contributed by atoms with E-state index in [1.807, 2.05) is 54.6 Å². The van der Waals surface area contributed by atoms with Gasteiger partial charge < -0.3 is 20.5 Å². The molecule has 27 heavy (non-hydrogen) atoms. The fourth-order valence-electron chi connectivity index (χ4n) is 3.12. The molecule has 1 heterocycles. The summed E-state index contributed by atoms with van der Waals surface area (Å²) in [6.07, 6.45) is 1.68. The SMILES string of the molecule is Cl.NC(C(=O)NCc1ccccc1OCc1ccccc1)C1CCOCC1. The van der Waals surface area contributed by atoms with E-state index >= 15 is 0 Å². The molecular formula is C21H27ClN2O3. The molecule has 1 aliphatic heterocycles. The van der Waals surface area contributed by atoms with Crippen molar-refractivity contribution >= 4 is 18.3 Å². The Balaban J connectivity index is 0.00000261. The van der Waals surface area contributed by atoms with E-state index in [4.69, 9.17) is 15.2 Å². The number of nitrogens with one attached hydrogen (secondary N) is 1. The maximum atomic E-state index is 12.4. The van der Waals surface area contributed by atoms with Crippen molar-refractivity contribution in [1.82, 2.24) is 5.32 Å². The van der Waals surface area contributed by atoms with Crippen molar-refractivity contribution in [3.05, 3.63) is 65.7 Å². The van der Waals surface area contributed by atoms with Crippen molar-refractivity contribution < 1.29 is 14.3 Å². The Kier molecular flexibility index (Phi) is 8.58. The quantitative estimate of drug-likeness (QED) is 0.762. The minimum atomic E-state index is -0.490. The molecule has 5 nitrogen and oxygen atoms in total. The van der Waals surface area contributed by atoms with Gasteiger partial charge >= 0.3 is 0 Å².